The van der Waals surface area contributed by atoms with Gasteiger partial charge in [0, 0.05) is 43.1 Å². The first-order valence-corrected chi connectivity index (χ1v) is 9.53. The number of non-ortho nitro benzene ring substituents is 2. The average molecular weight is 420 g/mol. The van der Waals surface area contributed by atoms with Crippen LogP contribution in [0.4, 0.5) is 11.4 Å². The van der Waals surface area contributed by atoms with E-state index >= 15 is 0 Å². The lowest BCUT2D eigenvalue weighted by Crippen LogP contribution is -2.43. The molecule has 31 heavy (non-hydrogen) atoms. The van der Waals surface area contributed by atoms with Gasteiger partial charge in [-0.05, 0) is 59.7 Å². The second kappa shape index (κ2) is 8.00. The van der Waals surface area contributed by atoms with Gasteiger partial charge in [-0.3, -0.25) is 25.1 Å². The summed E-state index contributed by atoms with van der Waals surface area (Å²) in [6.07, 6.45) is 1.97. The molecule has 2 aliphatic rings. The number of nitro benzene ring substituents is 2. The molecular formula is C21H20N6O4. The van der Waals surface area contributed by atoms with E-state index in [0.717, 1.165) is 28.0 Å². The predicted molar refractivity (Wildman–Crippen MR) is 116 cm³/mol. The van der Waals surface area contributed by atoms with Crippen molar-refractivity contribution in [1.29, 1.82) is 0 Å². The van der Waals surface area contributed by atoms with Crippen LogP contribution in [0.15, 0.2) is 70.4 Å². The van der Waals surface area contributed by atoms with Crippen LogP contribution in [0, 0.1) is 20.2 Å². The molecular weight excluding hydrogens is 400 g/mol. The number of likely N-dealkylation sites (N-methyl/N-ethyl adjacent to an activating group) is 1. The van der Waals surface area contributed by atoms with Crippen molar-refractivity contribution >= 4 is 23.4 Å². The summed E-state index contributed by atoms with van der Waals surface area (Å²) in [5, 5.41) is 25.0. The summed E-state index contributed by atoms with van der Waals surface area (Å²) in [5.74, 6) is 0.265. The number of nitrogens with two attached hydrogens (primary N) is 1. The summed E-state index contributed by atoms with van der Waals surface area (Å²) in [6, 6.07) is 12.3. The lowest BCUT2D eigenvalue weighted by Gasteiger charge is -2.36. The number of nitrogens with zero attached hydrogens (tertiary/aromatic N) is 4. The molecule has 2 aromatic carbocycles. The van der Waals surface area contributed by atoms with Crippen molar-refractivity contribution in [3.05, 3.63) is 96.7 Å². The highest BCUT2D eigenvalue weighted by Crippen LogP contribution is 2.36. The highest BCUT2D eigenvalue weighted by molar-refractivity contribution is 5.84. The third-order valence-electron chi connectivity index (χ3n) is 5.24. The maximum absolute atomic E-state index is 11.0. The van der Waals surface area contributed by atoms with Crippen LogP contribution in [0.3, 0.4) is 0 Å². The summed E-state index contributed by atoms with van der Waals surface area (Å²) in [5.41, 5.74) is 10.6. The third kappa shape index (κ3) is 4.14. The molecule has 0 saturated heterocycles. The minimum Gasteiger partial charge on any atom is -0.370 e. The number of benzene rings is 2. The van der Waals surface area contributed by atoms with E-state index in [4.69, 9.17) is 5.73 Å². The van der Waals surface area contributed by atoms with E-state index in [1.165, 1.54) is 24.3 Å². The molecule has 0 amide bonds. The number of nitro groups is 2. The maximum Gasteiger partial charge on any atom is 0.269 e. The molecule has 158 valence electrons. The van der Waals surface area contributed by atoms with Gasteiger partial charge in [0.05, 0.1) is 9.85 Å². The monoisotopic (exact) mass is 420 g/mol. The topological polar surface area (TPSA) is 140 Å². The van der Waals surface area contributed by atoms with Crippen LogP contribution in [-0.4, -0.2) is 40.8 Å². The van der Waals surface area contributed by atoms with Crippen LogP contribution in [0.2, 0.25) is 0 Å². The van der Waals surface area contributed by atoms with Crippen molar-refractivity contribution in [2.75, 3.05) is 20.1 Å². The summed E-state index contributed by atoms with van der Waals surface area (Å²) in [6.45, 7) is 1.31. The minimum atomic E-state index is -0.437. The van der Waals surface area contributed by atoms with Crippen molar-refractivity contribution in [2.24, 2.45) is 10.7 Å². The summed E-state index contributed by atoms with van der Waals surface area (Å²) in [7, 11) is 1.99. The Labute approximate surface area is 177 Å². The molecule has 0 fully saturated rings. The van der Waals surface area contributed by atoms with Crippen molar-refractivity contribution in [3.63, 3.8) is 0 Å². The zero-order valence-electron chi connectivity index (χ0n) is 16.7. The van der Waals surface area contributed by atoms with Crippen molar-refractivity contribution in [3.8, 4) is 0 Å². The fourth-order valence-electron chi connectivity index (χ4n) is 3.83. The minimum absolute atomic E-state index is 0.0170. The number of nitrogens with one attached hydrogen (secondary N) is 1. The Morgan fingerprint density at radius 3 is 2.19 bits per heavy atom. The Hall–Kier alpha value is -4.05. The Bertz CT molecular complexity index is 1140. The number of guanidine groups is 1. The number of hydrogen-bond acceptors (Lipinski definition) is 8. The first-order chi connectivity index (χ1) is 14.8. The Morgan fingerprint density at radius 2 is 1.61 bits per heavy atom. The van der Waals surface area contributed by atoms with E-state index in [1.807, 2.05) is 13.1 Å². The quantitative estimate of drug-likeness (QED) is 0.572. The van der Waals surface area contributed by atoms with Gasteiger partial charge >= 0.3 is 0 Å². The van der Waals surface area contributed by atoms with E-state index in [9.17, 15) is 20.2 Å². The number of hydrogen-bond donors (Lipinski definition) is 2. The lowest BCUT2D eigenvalue weighted by molar-refractivity contribution is -0.385. The fraction of sp³-hybridized carbons (Fsp3) is 0.190. The average Bonchev–Trinajstić information content (AvgIpc) is 2.74. The van der Waals surface area contributed by atoms with E-state index in [-0.39, 0.29) is 23.4 Å². The van der Waals surface area contributed by atoms with Gasteiger partial charge < -0.3 is 11.1 Å². The number of rotatable bonds is 4. The molecule has 0 spiro atoms. The van der Waals surface area contributed by atoms with Gasteiger partial charge in [0.25, 0.3) is 11.4 Å². The van der Waals surface area contributed by atoms with Gasteiger partial charge in [-0.1, -0.05) is 0 Å². The molecule has 2 heterocycles. The highest BCUT2D eigenvalue weighted by atomic mass is 16.6. The Morgan fingerprint density at radius 1 is 1.03 bits per heavy atom. The highest BCUT2D eigenvalue weighted by Gasteiger charge is 2.31. The summed E-state index contributed by atoms with van der Waals surface area (Å²) >= 11 is 0. The lowest BCUT2D eigenvalue weighted by atomic mass is 9.89. The van der Waals surface area contributed by atoms with Crippen LogP contribution in [-0.2, 0) is 0 Å². The first-order valence-electron chi connectivity index (χ1n) is 9.53. The molecule has 2 aliphatic heterocycles. The van der Waals surface area contributed by atoms with Gasteiger partial charge in [-0.15, -0.1) is 0 Å². The van der Waals surface area contributed by atoms with Crippen molar-refractivity contribution in [2.45, 2.75) is 6.04 Å². The molecule has 1 atom stereocenters. The summed E-state index contributed by atoms with van der Waals surface area (Å²) in [4.78, 5) is 27.7. The van der Waals surface area contributed by atoms with Crippen molar-refractivity contribution < 1.29 is 9.85 Å². The molecule has 3 N–H and O–H groups in total. The van der Waals surface area contributed by atoms with Crippen LogP contribution in [0.1, 0.15) is 17.2 Å². The normalized spacial score (nSPS) is 20.1. The zero-order chi connectivity index (χ0) is 22.1. The number of aliphatic imine (C=N–C) groups is 1. The van der Waals surface area contributed by atoms with Crippen LogP contribution in [0.25, 0.3) is 6.08 Å². The second-order valence-corrected chi connectivity index (χ2v) is 7.48. The zero-order valence-corrected chi connectivity index (χ0v) is 16.7. The van der Waals surface area contributed by atoms with E-state index in [2.05, 4.69) is 15.2 Å². The van der Waals surface area contributed by atoms with Gasteiger partial charge in [0.1, 0.15) is 6.04 Å². The van der Waals surface area contributed by atoms with E-state index in [1.54, 1.807) is 24.3 Å². The first kappa shape index (κ1) is 20.2. The molecule has 2 aromatic rings. The van der Waals surface area contributed by atoms with Gasteiger partial charge in [0.15, 0.2) is 5.96 Å². The third-order valence-corrected chi connectivity index (χ3v) is 5.24. The Balaban J connectivity index is 1.73. The smallest absolute Gasteiger partial charge is 0.269 e. The Kier molecular flexibility index (Phi) is 5.22. The van der Waals surface area contributed by atoms with E-state index < -0.39 is 9.85 Å². The predicted octanol–water partition coefficient (Wildman–Crippen LogP) is 2.75. The van der Waals surface area contributed by atoms with Crippen LogP contribution < -0.4 is 11.1 Å². The van der Waals surface area contributed by atoms with Crippen LogP contribution in [0.5, 0.6) is 0 Å². The van der Waals surface area contributed by atoms with Gasteiger partial charge in [-0.25, -0.2) is 4.99 Å². The van der Waals surface area contributed by atoms with E-state index in [0.29, 0.717) is 13.1 Å². The molecule has 0 bridgehead atoms. The second-order valence-electron chi connectivity index (χ2n) is 7.48. The molecule has 0 aromatic heterocycles. The molecule has 4 rings (SSSR count). The SMILES string of the molecule is CN1CC2=C(NC(N)=NC2c2ccc([N+](=O)[O-])cc2)/C(=C/c2ccc([N+](=O)[O-])cc2)C1. The van der Waals surface area contributed by atoms with Gasteiger partial charge in [-0.2, -0.15) is 0 Å². The standard InChI is InChI=1S/C21H20N6O4/c1-25-11-15(10-13-2-6-16(7-3-13)26(28)29)20-18(12-25)19(23-21(22)24-20)14-4-8-17(9-5-14)27(30)31/h2-10,19H,11-12H2,1H3,(H3,22,23,24)/b15-10+. The van der Waals surface area contributed by atoms with Crippen LogP contribution >= 0.6 is 0 Å². The summed E-state index contributed by atoms with van der Waals surface area (Å²) < 4.78 is 0. The maximum atomic E-state index is 11.0. The fourth-order valence-corrected chi connectivity index (χ4v) is 3.83. The molecule has 10 nitrogen and oxygen atoms in total. The molecule has 1 unspecified atom stereocenters. The van der Waals surface area contributed by atoms with Gasteiger partial charge in [0.2, 0.25) is 0 Å². The molecule has 0 saturated carbocycles. The largest absolute Gasteiger partial charge is 0.370 e. The molecule has 0 aliphatic carbocycles. The molecule has 0 radical (unpaired) electrons. The van der Waals surface area contributed by atoms with Crippen molar-refractivity contribution in [1.82, 2.24) is 10.2 Å². The molecule has 10 heteroatoms.